The van der Waals surface area contributed by atoms with Crippen molar-refractivity contribution in [1.82, 2.24) is 4.98 Å². The third-order valence-electron chi connectivity index (χ3n) is 3.89. The molecule has 0 radical (unpaired) electrons. The molecule has 3 rings (SSSR count). The zero-order chi connectivity index (χ0) is 19.4. The Labute approximate surface area is 170 Å². The lowest BCUT2D eigenvalue weighted by Gasteiger charge is -2.13. The van der Waals surface area contributed by atoms with Crippen molar-refractivity contribution in [2.45, 2.75) is 0 Å². The average Bonchev–Trinajstić information content (AvgIpc) is 2.70. The monoisotopic (exact) mass is 446 g/mol. The number of carbonyl (C=O) groups is 1. The standard InChI is InChI=1S/C20H16BrClN2O3/c1-26-17-4-3-5-18(27-2)19(17)16-9-6-12(11-23-16)20(25)24-13-7-8-14(21)15(22)10-13/h3-11H,1-2H3,(H,24,25). The number of anilines is 1. The minimum atomic E-state index is -0.278. The van der Waals surface area contributed by atoms with Crippen molar-refractivity contribution in [2.75, 3.05) is 19.5 Å². The Morgan fingerprint density at radius 3 is 2.33 bits per heavy atom. The van der Waals surface area contributed by atoms with E-state index in [1.54, 1.807) is 44.6 Å². The van der Waals surface area contributed by atoms with E-state index in [-0.39, 0.29) is 5.91 Å². The van der Waals surface area contributed by atoms with Crippen molar-refractivity contribution >= 4 is 39.1 Å². The van der Waals surface area contributed by atoms with Gasteiger partial charge in [0.1, 0.15) is 11.5 Å². The van der Waals surface area contributed by atoms with E-state index >= 15 is 0 Å². The first-order valence-electron chi connectivity index (χ1n) is 7.97. The van der Waals surface area contributed by atoms with Crippen LogP contribution in [-0.4, -0.2) is 25.1 Å². The molecule has 1 aromatic heterocycles. The minimum absolute atomic E-state index is 0.278. The number of benzene rings is 2. The maximum atomic E-state index is 12.4. The van der Waals surface area contributed by atoms with Gasteiger partial charge in [-0.2, -0.15) is 0 Å². The Balaban J connectivity index is 1.85. The highest BCUT2D eigenvalue weighted by atomic mass is 79.9. The number of methoxy groups -OCH3 is 2. The maximum Gasteiger partial charge on any atom is 0.257 e. The van der Waals surface area contributed by atoms with Crippen LogP contribution in [0.1, 0.15) is 10.4 Å². The van der Waals surface area contributed by atoms with Gasteiger partial charge in [-0.1, -0.05) is 17.7 Å². The maximum absolute atomic E-state index is 12.4. The first-order valence-corrected chi connectivity index (χ1v) is 9.14. The van der Waals surface area contributed by atoms with Crippen LogP contribution in [0.15, 0.2) is 59.2 Å². The zero-order valence-electron chi connectivity index (χ0n) is 14.6. The van der Waals surface area contributed by atoms with E-state index in [0.717, 1.165) is 10.0 Å². The van der Waals surface area contributed by atoms with Crippen LogP contribution in [0, 0.1) is 0 Å². The normalized spacial score (nSPS) is 10.4. The Bertz CT molecular complexity index is 955. The van der Waals surface area contributed by atoms with Gasteiger partial charge in [-0.15, -0.1) is 0 Å². The topological polar surface area (TPSA) is 60.5 Å². The number of amides is 1. The molecule has 1 amide bonds. The summed E-state index contributed by atoms with van der Waals surface area (Å²) in [6, 6.07) is 14.2. The summed E-state index contributed by atoms with van der Waals surface area (Å²) in [5.41, 5.74) is 2.40. The number of halogens is 2. The number of pyridine rings is 1. The molecule has 0 aliphatic heterocycles. The van der Waals surface area contributed by atoms with Crippen molar-refractivity contribution in [2.24, 2.45) is 0 Å². The fourth-order valence-corrected chi connectivity index (χ4v) is 2.98. The zero-order valence-corrected chi connectivity index (χ0v) is 17.0. The molecule has 0 saturated carbocycles. The van der Waals surface area contributed by atoms with Crippen LogP contribution in [0.4, 0.5) is 5.69 Å². The lowest BCUT2D eigenvalue weighted by Crippen LogP contribution is -2.12. The van der Waals surface area contributed by atoms with Crippen LogP contribution in [0.5, 0.6) is 11.5 Å². The van der Waals surface area contributed by atoms with E-state index in [9.17, 15) is 4.79 Å². The third kappa shape index (κ3) is 4.23. The van der Waals surface area contributed by atoms with Gasteiger partial charge in [-0.25, -0.2) is 0 Å². The number of rotatable bonds is 5. The molecule has 5 nitrogen and oxygen atoms in total. The number of nitrogens with one attached hydrogen (secondary N) is 1. The molecule has 0 aliphatic carbocycles. The van der Waals surface area contributed by atoms with Crippen LogP contribution in [-0.2, 0) is 0 Å². The Hall–Kier alpha value is -2.57. The summed E-state index contributed by atoms with van der Waals surface area (Å²) in [6.07, 6.45) is 1.51. The Morgan fingerprint density at radius 1 is 1.07 bits per heavy atom. The first-order chi connectivity index (χ1) is 13.0. The highest BCUT2D eigenvalue weighted by molar-refractivity contribution is 9.10. The first kappa shape index (κ1) is 19.2. The van der Waals surface area contributed by atoms with E-state index in [2.05, 4.69) is 26.2 Å². The number of aromatic nitrogens is 1. The van der Waals surface area contributed by atoms with E-state index in [1.807, 2.05) is 18.2 Å². The molecule has 0 unspecified atom stereocenters. The quantitative estimate of drug-likeness (QED) is 0.566. The van der Waals surface area contributed by atoms with Crippen molar-refractivity contribution in [3.8, 4) is 22.8 Å². The smallest absolute Gasteiger partial charge is 0.257 e. The fraction of sp³-hybridized carbons (Fsp3) is 0.100. The molecule has 3 aromatic rings. The predicted molar refractivity (Wildman–Crippen MR) is 110 cm³/mol. The number of ether oxygens (including phenoxy) is 2. The van der Waals surface area contributed by atoms with E-state index in [0.29, 0.717) is 33.5 Å². The molecule has 27 heavy (non-hydrogen) atoms. The van der Waals surface area contributed by atoms with Gasteiger partial charge in [0.2, 0.25) is 0 Å². The van der Waals surface area contributed by atoms with Gasteiger partial charge in [0.25, 0.3) is 5.91 Å². The lowest BCUT2D eigenvalue weighted by molar-refractivity contribution is 0.102. The number of hydrogen-bond acceptors (Lipinski definition) is 4. The SMILES string of the molecule is COc1cccc(OC)c1-c1ccc(C(=O)Nc2ccc(Br)c(Cl)c2)cn1. The number of nitrogens with zero attached hydrogens (tertiary/aromatic N) is 1. The van der Waals surface area contributed by atoms with Crippen LogP contribution in [0.3, 0.4) is 0 Å². The highest BCUT2D eigenvalue weighted by Gasteiger charge is 2.15. The van der Waals surface area contributed by atoms with Gasteiger partial charge in [-0.05, 0) is 58.4 Å². The second-order valence-corrected chi connectivity index (χ2v) is 6.81. The Morgan fingerprint density at radius 2 is 1.78 bits per heavy atom. The molecule has 0 fully saturated rings. The second kappa shape index (κ2) is 8.41. The van der Waals surface area contributed by atoms with Gasteiger partial charge in [0, 0.05) is 16.4 Å². The summed E-state index contributed by atoms with van der Waals surface area (Å²) >= 11 is 9.37. The highest BCUT2D eigenvalue weighted by Crippen LogP contribution is 2.37. The summed E-state index contributed by atoms with van der Waals surface area (Å²) in [4.78, 5) is 16.9. The molecule has 1 N–H and O–H groups in total. The third-order valence-corrected chi connectivity index (χ3v) is 5.12. The Kier molecular flexibility index (Phi) is 5.98. The fourth-order valence-electron chi connectivity index (χ4n) is 2.56. The average molecular weight is 448 g/mol. The molecule has 2 aromatic carbocycles. The van der Waals surface area contributed by atoms with Gasteiger partial charge in [-0.3, -0.25) is 9.78 Å². The predicted octanol–water partition coefficient (Wildman–Crippen LogP) is 5.43. The van der Waals surface area contributed by atoms with Crippen molar-refractivity contribution in [3.05, 3.63) is 69.8 Å². The van der Waals surface area contributed by atoms with E-state index in [1.165, 1.54) is 6.20 Å². The second-order valence-electron chi connectivity index (χ2n) is 5.55. The van der Waals surface area contributed by atoms with E-state index < -0.39 is 0 Å². The van der Waals surface area contributed by atoms with Crippen LogP contribution >= 0.6 is 27.5 Å². The molecular weight excluding hydrogens is 432 g/mol. The molecule has 0 spiro atoms. The lowest BCUT2D eigenvalue weighted by atomic mass is 10.1. The molecule has 0 atom stereocenters. The minimum Gasteiger partial charge on any atom is -0.496 e. The van der Waals surface area contributed by atoms with Gasteiger partial charge < -0.3 is 14.8 Å². The number of carbonyl (C=O) groups excluding carboxylic acids is 1. The summed E-state index contributed by atoms with van der Waals surface area (Å²) in [5, 5.41) is 3.32. The molecule has 7 heteroatoms. The summed E-state index contributed by atoms with van der Waals surface area (Å²) < 4.78 is 11.6. The molecule has 0 aliphatic rings. The molecule has 138 valence electrons. The summed E-state index contributed by atoms with van der Waals surface area (Å²) in [5.74, 6) is 1.01. The van der Waals surface area contributed by atoms with Crippen molar-refractivity contribution in [3.63, 3.8) is 0 Å². The van der Waals surface area contributed by atoms with Gasteiger partial charge in [0.05, 0.1) is 36.1 Å². The van der Waals surface area contributed by atoms with Crippen molar-refractivity contribution < 1.29 is 14.3 Å². The van der Waals surface area contributed by atoms with Gasteiger partial charge >= 0.3 is 0 Å². The van der Waals surface area contributed by atoms with Crippen molar-refractivity contribution in [1.29, 1.82) is 0 Å². The summed E-state index contributed by atoms with van der Waals surface area (Å²) in [6.45, 7) is 0. The summed E-state index contributed by atoms with van der Waals surface area (Å²) in [7, 11) is 3.17. The van der Waals surface area contributed by atoms with Crippen LogP contribution in [0.2, 0.25) is 5.02 Å². The molecule has 0 saturated heterocycles. The van der Waals surface area contributed by atoms with E-state index in [4.69, 9.17) is 21.1 Å². The molecule has 1 heterocycles. The van der Waals surface area contributed by atoms with Crippen LogP contribution < -0.4 is 14.8 Å². The number of hydrogen-bond donors (Lipinski definition) is 1. The van der Waals surface area contributed by atoms with Gasteiger partial charge in [0.15, 0.2) is 0 Å². The largest absolute Gasteiger partial charge is 0.496 e. The molecule has 0 bridgehead atoms. The molecular formula is C20H16BrClN2O3. The van der Waals surface area contributed by atoms with Crippen LogP contribution in [0.25, 0.3) is 11.3 Å².